The number of carbonyl (C=O) groups excluding carboxylic acids is 1. The highest BCUT2D eigenvalue weighted by atomic mass is 35.5. The highest BCUT2D eigenvalue weighted by molar-refractivity contribution is 6.35. The molecule has 0 spiro atoms. The molecule has 2 heterocycles. The second-order valence-corrected chi connectivity index (χ2v) is 8.36. The summed E-state index contributed by atoms with van der Waals surface area (Å²) in [4.78, 5) is 12.6. The van der Waals surface area contributed by atoms with E-state index in [1.807, 2.05) is 18.2 Å². The largest absolute Gasteiger partial charge is 0.484 e. The fourth-order valence-electron chi connectivity index (χ4n) is 2.85. The van der Waals surface area contributed by atoms with Crippen molar-refractivity contribution in [1.29, 1.82) is 0 Å². The van der Waals surface area contributed by atoms with Gasteiger partial charge in [0.1, 0.15) is 23.1 Å². The lowest BCUT2D eigenvalue weighted by atomic mass is 10.2. The molecule has 2 aromatic carbocycles. The Morgan fingerprint density at radius 2 is 1.81 bits per heavy atom. The van der Waals surface area contributed by atoms with E-state index in [1.54, 1.807) is 41.2 Å². The molecule has 0 saturated heterocycles. The quantitative estimate of drug-likeness (QED) is 0.291. The smallest absolute Gasteiger partial charge is 0.292 e. The molecular formula is C22H15Cl4N3O3. The summed E-state index contributed by atoms with van der Waals surface area (Å²) in [5.41, 5.74) is 0.877. The molecule has 32 heavy (non-hydrogen) atoms. The minimum absolute atomic E-state index is 0.0852. The Bertz CT molecular complexity index is 1270. The monoisotopic (exact) mass is 509 g/mol. The van der Waals surface area contributed by atoms with Crippen LogP contribution in [0.2, 0.25) is 20.1 Å². The number of halogens is 4. The van der Waals surface area contributed by atoms with Gasteiger partial charge >= 0.3 is 0 Å². The number of ether oxygens (including phenoxy) is 1. The highest BCUT2D eigenvalue weighted by Crippen LogP contribution is 2.28. The zero-order valence-corrected chi connectivity index (χ0v) is 19.3. The van der Waals surface area contributed by atoms with E-state index in [0.717, 1.165) is 5.56 Å². The van der Waals surface area contributed by atoms with Gasteiger partial charge in [0, 0.05) is 16.2 Å². The van der Waals surface area contributed by atoms with E-state index < -0.39 is 5.91 Å². The molecule has 4 aromatic rings. The number of hydrogen-bond acceptors (Lipinski definition) is 4. The number of furan rings is 1. The third kappa shape index (κ3) is 5.40. The summed E-state index contributed by atoms with van der Waals surface area (Å²) in [7, 11) is 0. The first-order valence-corrected chi connectivity index (χ1v) is 10.8. The summed E-state index contributed by atoms with van der Waals surface area (Å²) in [6.45, 7) is 0.493. The lowest BCUT2D eigenvalue weighted by Crippen LogP contribution is -2.12. The summed E-state index contributed by atoms with van der Waals surface area (Å²) in [6.07, 6.45) is 1.61. The lowest BCUT2D eigenvalue weighted by molar-refractivity contribution is 0.0992. The Labute approximate surface area is 203 Å². The Balaban J connectivity index is 1.39. The standard InChI is InChI=1S/C22H15Cl4N3O3/c23-14-5-7-19(17(25)9-14)31-12-15-6-8-20(32-15)22(30)27-21-18(26)11-29(28-21)10-13-3-1-2-4-16(13)24/h1-9,11H,10,12H2,(H,27,28,30). The molecule has 0 bridgehead atoms. The number of anilines is 1. The number of nitrogens with one attached hydrogen (secondary N) is 1. The average molecular weight is 511 g/mol. The van der Waals surface area contributed by atoms with Crippen molar-refractivity contribution in [1.82, 2.24) is 9.78 Å². The first kappa shape index (κ1) is 22.6. The van der Waals surface area contributed by atoms with Crippen LogP contribution >= 0.6 is 46.4 Å². The zero-order valence-electron chi connectivity index (χ0n) is 16.3. The molecule has 1 N–H and O–H groups in total. The topological polar surface area (TPSA) is 69.3 Å². The van der Waals surface area contributed by atoms with E-state index in [0.29, 0.717) is 33.1 Å². The van der Waals surface area contributed by atoms with Crippen molar-refractivity contribution in [3.8, 4) is 5.75 Å². The van der Waals surface area contributed by atoms with Crippen molar-refractivity contribution < 1.29 is 13.9 Å². The van der Waals surface area contributed by atoms with Crippen molar-refractivity contribution >= 4 is 58.1 Å². The molecule has 0 aliphatic rings. The van der Waals surface area contributed by atoms with Crippen LogP contribution in [-0.2, 0) is 13.2 Å². The van der Waals surface area contributed by atoms with Crippen LogP contribution in [-0.4, -0.2) is 15.7 Å². The van der Waals surface area contributed by atoms with Gasteiger partial charge in [-0.3, -0.25) is 9.48 Å². The molecule has 0 radical (unpaired) electrons. The Hall–Kier alpha value is -2.64. The van der Waals surface area contributed by atoms with Crippen LogP contribution in [0.15, 0.2) is 65.2 Å². The molecule has 6 nitrogen and oxygen atoms in total. The highest BCUT2D eigenvalue weighted by Gasteiger charge is 2.16. The SMILES string of the molecule is O=C(Nc1nn(Cc2ccccc2Cl)cc1Cl)c1ccc(COc2ccc(Cl)cc2Cl)o1. The van der Waals surface area contributed by atoms with E-state index in [9.17, 15) is 4.79 Å². The maximum atomic E-state index is 12.6. The van der Waals surface area contributed by atoms with Gasteiger partial charge in [0.15, 0.2) is 11.6 Å². The maximum absolute atomic E-state index is 12.6. The van der Waals surface area contributed by atoms with Gasteiger partial charge in [-0.25, -0.2) is 0 Å². The first-order valence-electron chi connectivity index (χ1n) is 9.33. The van der Waals surface area contributed by atoms with E-state index in [1.165, 1.54) is 6.07 Å². The van der Waals surface area contributed by atoms with Gasteiger partial charge in [-0.2, -0.15) is 5.10 Å². The minimum atomic E-state index is -0.495. The summed E-state index contributed by atoms with van der Waals surface area (Å²) in [5, 5.41) is 8.75. The van der Waals surface area contributed by atoms with Crippen molar-refractivity contribution in [2.45, 2.75) is 13.2 Å². The Kier molecular flexibility index (Phi) is 6.96. The number of aromatic nitrogens is 2. The van der Waals surface area contributed by atoms with Gasteiger partial charge in [0.2, 0.25) is 0 Å². The van der Waals surface area contributed by atoms with Crippen LogP contribution in [0.4, 0.5) is 5.82 Å². The number of rotatable bonds is 7. The minimum Gasteiger partial charge on any atom is -0.484 e. The van der Waals surface area contributed by atoms with Crippen LogP contribution in [0, 0.1) is 0 Å². The van der Waals surface area contributed by atoms with Gasteiger partial charge in [0.05, 0.1) is 11.6 Å². The van der Waals surface area contributed by atoms with Gasteiger partial charge in [-0.15, -0.1) is 0 Å². The lowest BCUT2D eigenvalue weighted by Gasteiger charge is -2.06. The molecule has 2 aromatic heterocycles. The molecule has 164 valence electrons. The van der Waals surface area contributed by atoms with Gasteiger partial charge in [-0.05, 0) is 42.0 Å². The van der Waals surface area contributed by atoms with Crippen molar-refractivity contribution in [3.63, 3.8) is 0 Å². The number of benzene rings is 2. The number of nitrogens with zero attached hydrogens (tertiary/aromatic N) is 2. The molecule has 0 unspecified atom stereocenters. The average Bonchev–Trinajstić information content (AvgIpc) is 3.36. The Morgan fingerprint density at radius 1 is 1.00 bits per heavy atom. The summed E-state index contributed by atoms with van der Waals surface area (Å²) in [6, 6.07) is 15.5. The molecule has 0 aliphatic carbocycles. The van der Waals surface area contributed by atoms with Crippen LogP contribution in [0.25, 0.3) is 0 Å². The predicted octanol–water partition coefficient (Wildman–Crippen LogP) is 6.97. The summed E-state index contributed by atoms with van der Waals surface area (Å²) >= 11 is 24.4. The van der Waals surface area contributed by atoms with E-state index in [4.69, 9.17) is 55.6 Å². The van der Waals surface area contributed by atoms with Crippen molar-refractivity contribution in [3.05, 3.63) is 98.0 Å². The van der Waals surface area contributed by atoms with Gasteiger partial charge in [0.25, 0.3) is 5.91 Å². The van der Waals surface area contributed by atoms with Crippen molar-refractivity contribution in [2.24, 2.45) is 0 Å². The van der Waals surface area contributed by atoms with Gasteiger partial charge in [-0.1, -0.05) is 64.6 Å². The fraction of sp³-hybridized carbons (Fsp3) is 0.0909. The summed E-state index contributed by atoms with van der Waals surface area (Å²) < 4.78 is 12.8. The Morgan fingerprint density at radius 3 is 2.59 bits per heavy atom. The summed E-state index contributed by atoms with van der Waals surface area (Å²) in [5.74, 6) is 0.699. The van der Waals surface area contributed by atoms with Gasteiger partial charge < -0.3 is 14.5 Å². The number of hydrogen-bond donors (Lipinski definition) is 1. The number of amides is 1. The van der Waals surface area contributed by atoms with Crippen LogP contribution in [0.5, 0.6) is 5.75 Å². The molecule has 0 aliphatic heterocycles. The molecule has 10 heteroatoms. The molecular weight excluding hydrogens is 496 g/mol. The third-order valence-corrected chi connectivity index (χ3v) is 5.56. The molecule has 4 rings (SSSR count). The van der Waals surface area contributed by atoms with Crippen molar-refractivity contribution in [2.75, 3.05) is 5.32 Å². The van der Waals surface area contributed by atoms with E-state index >= 15 is 0 Å². The predicted molar refractivity (Wildman–Crippen MR) is 125 cm³/mol. The molecule has 1 amide bonds. The third-order valence-electron chi connectivity index (χ3n) is 4.39. The van der Waals surface area contributed by atoms with Crippen LogP contribution < -0.4 is 10.1 Å². The maximum Gasteiger partial charge on any atom is 0.292 e. The van der Waals surface area contributed by atoms with E-state index in [-0.39, 0.29) is 23.2 Å². The molecule has 0 fully saturated rings. The van der Waals surface area contributed by atoms with E-state index in [2.05, 4.69) is 10.4 Å². The second kappa shape index (κ2) is 9.88. The molecule has 0 atom stereocenters. The zero-order chi connectivity index (χ0) is 22.7. The van der Waals surface area contributed by atoms with Crippen LogP contribution in [0.3, 0.4) is 0 Å². The number of carbonyl (C=O) groups is 1. The first-order chi connectivity index (χ1) is 15.4. The van der Waals surface area contributed by atoms with Crippen LogP contribution in [0.1, 0.15) is 21.9 Å². The normalized spacial score (nSPS) is 10.9. The second-order valence-electron chi connectivity index (χ2n) is 6.70. The fourth-order valence-corrected chi connectivity index (χ4v) is 3.71. The molecule has 0 saturated carbocycles.